The number of hydrogen-bond acceptors (Lipinski definition) is 4. The molecule has 1 aromatic carbocycles. The molecule has 0 heterocycles. The zero-order valence-electron chi connectivity index (χ0n) is 7.54. The summed E-state index contributed by atoms with van der Waals surface area (Å²) in [6, 6.07) is 8.03. The summed E-state index contributed by atoms with van der Waals surface area (Å²) in [5.74, 6) is -0.641. The van der Waals surface area contributed by atoms with Crippen LogP contribution in [0.25, 0.3) is 0 Å². The van der Waals surface area contributed by atoms with Gasteiger partial charge in [-0.2, -0.15) is 0 Å². The summed E-state index contributed by atoms with van der Waals surface area (Å²) >= 11 is 0. The summed E-state index contributed by atoms with van der Waals surface area (Å²) < 4.78 is 4.48. The highest BCUT2D eigenvalue weighted by molar-refractivity contribution is 5.98. The van der Waals surface area contributed by atoms with Crippen LogP contribution >= 0.6 is 0 Å². The van der Waals surface area contributed by atoms with E-state index in [2.05, 4.69) is 4.74 Å². The molecule has 0 aliphatic heterocycles. The van der Waals surface area contributed by atoms with E-state index >= 15 is 0 Å². The normalized spacial score (nSPS) is 12.1. The van der Waals surface area contributed by atoms with Crippen molar-refractivity contribution in [2.45, 2.75) is 6.23 Å². The maximum Gasteiger partial charge on any atom is 0.379 e. The lowest BCUT2D eigenvalue weighted by atomic mass is 10.1. The number of ketones is 1. The molecular weight excluding hydrogens is 186 g/mol. The van der Waals surface area contributed by atoms with Crippen molar-refractivity contribution < 1.29 is 14.5 Å². The average Bonchev–Trinajstić information content (AvgIpc) is 2.19. The van der Waals surface area contributed by atoms with Crippen LogP contribution in [0.15, 0.2) is 30.3 Å². The van der Waals surface area contributed by atoms with Gasteiger partial charge in [-0.05, 0) is 0 Å². The van der Waals surface area contributed by atoms with E-state index in [9.17, 15) is 14.9 Å². The lowest BCUT2D eigenvalue weighted by Gasteiger charge is -2.05. The first-order valence-corrected chi connectivity index (χ1v) is 3.92. The number of rotatable bonds is 4. The molecule has 5 heteroatoms. The molecule has 0 spiro atoms. The number of carbonyl (C=O) groups excluding carboxylic acids is 1. The summed E-state index contributed by atoms with van der Waals surface area (Å²) in [5, 5.41) is 10.4. The van der Waals surface area contributed by atoms with Gasteiger partial charge in [-0.25, -0.2) is 0 Å². The van der Waals surface area contributed by atoms with Crippen LogP contribution in [0.3, 0.4) is 0 Å². The largest absolute Gasteiger partial charge is 0.379 e. The van der Waals surface area contributed by atoms with Crippen LogP contribution in [0.1, 0.15) is 10.4 Å². The molecule has 74 valence electrons. The minimum atomic E-state index is -1.61. The van der Waals surface area contributed by atoms with Gasteiger partial charge in [0.25, 0.3) is 5.78 Å². The van der Waals surface area contributed by atoms with E-state index in [-0.39, 0.29) is 5.56 Å². The van der Waals surface area contributed by atoms with Crippen LogP contribution in [-0.4, -0.2) is 24.0 Å². The lowest BCUT2D eigenvalue weighted by molar-refractivity contribution is -0.553. The highest BCUT2D eigenvalue weighted by Gasteiger charge is 2.29. The Kier molecular flexibility index (Phi) is 3.30. The van der Waals surface area contributed by atoms with Crippen LogP contribution in [0.4, 0.5) is 0 Å². The van der Waals surface area contributed by atoms with Gasteiger partial charge in [-0.3, -0.25) is 14.9 Å². The van der Waals surface area contributed by atoms with Crippen LogP contribution in [-0.2, 0) is 4.74 Å². The molecule has 0 amide bonds. The molecule has 1 rings (SSSR count). The van der Waals surface area contributed by atoms with Gasteiger partial charge in [0, 0.05) is 12.7 Å². The summed E-state index contributed by atoms with van der Waals surface area (Å²) in [5.41, 5.74) is 0.274. The van der Waals surface area contributed by atoms with Crippen molar-refractivity contribution in [1.29, 1.82) is 0 Å². The van der Waals surface area contributed by atoms with Crippen molar-refractivity contribution >= 4 is 5.78 Å². The molecule has 0 fully saturated rings. The Morgan fingerprint density at radius 3 is 2.43 bits per heavy atom. The topological polar surface area (TPSA) is 69.4 Å². The first-order chi connectivity index (χ1) is 6.66. The fourth-order valence-electron chi connectivity index (χ4n) is 1.03. The maximum atomic E-state index is 11.5. The maximum absolute atomic E-state index is 11.5. The molecule has 0 N–H and O–H groups in total. The number of methoxy groups -OCH3 is 1. The number of Topliss-reactive ketones (excluding diaryl/α,β-unsaturated/α-hetero) is 1. The molecular formula is C9H9NO4. The third-order valence-corrected chi connectivity index (χ3v) is 1.70. The van der Waals surface area contributed by atoms with Gasteiger partial charge >= 0.3 is 6.23 Å². The Morgan fingerprint density at radius 1 is 1.43 bits per heavy atom. The molecule has 0 aromatic heterocycles. The molecule has 0 radical (unpaired) electrons. The molecule has 1 aromatic rings. The molecule has 0 aliphatic rings. The van der Waals surface area contributed by atoms with Crippen molar-refractivity contribution in [2.75, 3.05) is 7.11 Å². The van der Waals surface area contributed by atoms with E-state index in [0.717, 1.165) is 7.11 Å². The van der Waals surface area contributed by atoms with Crippen LogP contribution in [0.5, 0.6) is 0 Å². The van der Waals surface area contributed by atoms with E-state index in [1.165, 1.54) is 12.1 Å². The lowest BCUT2D eigenvalue weighted by Crippen LogP contribution is -2.31. The first kappa shape index (κ1) is 10.3. The van der Waals surface area contributed by atoms with Gasteiger partial charge in [0.05, 0.1) is 4.92 Å². The molecule has 1 atom stereocenters. The second-order valence-electron chi connectivity index (χ2n) is 2.60. The molecule has 0 aliphatic carbocycles. The van der Waals surface area contributed by atoms with E-state index in [1.807, 2.05) is 0 Å². The number of carbonyl (C=O) groups is 1. The van der Waals surface area contributed by atoms with E-state index < -0.39 is 16.9 Å². The smallest absolute Gasteiger partial charge is 0.314 e. The Bertz CT molecular complexity index is 336. The number of hydrogen-bond donors (Lipinski definition) is 0. The Morgan fingerprint density at radius 2 is 2.00 bits per heavy atom. The third kappa shape index (κ3) is 2.14. The SMILES string of the molecule is COC(C(=O)c1ccccc1)[N+](=O)[O-]. The first-order valence-electron chi connectivity index (χ1n) is 3.92. The van der Waals surface area contributed by atoms with Gasteiger partial charge in [0.15, 0.2) is 0 Å². The highest BCUT2D eigenvalue weighted by atomic mass is 16.7. The molecule has 5 nitrogen and oxygen atoms in total. The highest BCUT2D eigenvalue weighted by Crippen LogP contribution is 2.05. The minimum absolute atomic E-state index is 0.274. The Balaban J connectivity index is 2.89. The molecule has 0 bridgehead atoms. The standard InChI is InChI=1S/C9H9NO4/c1-14-9(10(12)13)8(11)7-5-3-2-4-6-7/h2-6,9H,1H3. The third-order valence-electron chi connectivity index (χ3n) is 1.70. The molecule has 14 heavy (non-hydrogen) atoms. The quantitative estimate of drug-likeness (QED) is 0.312. The predicted octanol–water partition coefficient (Wildman–Crippen LogP) is 1.12. The fraction of sp³-hybridized carbons (Fsp3) is 0.222. The second-order valence-corrected chi connectivity index (χ2v) is 2.60. The second kappa shape index (κ2) is 4.48. The monoisotopic (exact) mass is 195 g/mol. The predicted molar refractivity (Wildman–Crippen MR) is 48.6 cm³/mol. The van der Waals surface area contributed by atoms with E-state index in [1.54, 1.807) is 18.2 Å². The van der Waals surface area contributed by atoms with Crippen LogP contribution < -0.4 is 0 Å². The van der Waals surface area contributed by atoms with Crippen molar-refractivity contribution in [2.24, 2.45) is 0 Å². The van der Waals surface area contributed by atoms with Gasteiger partial charge in [-0.1, -0.05) is 30.3 Å². The minimum Gasteiger partial charge on any atom is -0.314 e. The van der Waals surface area contributed by atoms with Crippen molar-refractivity contribution in [3.63, 3.8) is 0 Å². The van der Waals surface area contributed by atoms with Gasteiger partial charge in [0.2, 0.25) is 0 Å². The Labute approximate surface area is 80.5 Å². The number of nitrogens with zero attached hydrogens (tertiary/aromatic N) is 1. The zero-order chi connectivity index (χ0) is 10.6. The van der Waals surface area contributed by atoms with Gasteiger partial charge < -0.3 is 4.74 Å². The fourth-order valence-corrected chi connectivity index (χ4v) is 1.03. The molecule has 0 saturated heterocycles. The van der Waals surface area contributed by atoms with Crippen molar-refractivity contribution in [3.8, 4) is 0 Å². The average molecular weight is 195 g/mol. The van der Waals surface area contributed by atoms with Crippen molar-refractivity contribution in [1.82, 2.24) is 0 Å². The van der Waals surface area contributed by atoms with E-state index in [0.29, 0.717) is 0 Å². The number of benzene rings is 1. The van der Waals surface area contributed by atoms with Gasteiger partial charge in [0.1, 0.15) is 0 Å². The summed E-state index contributed by atoms with van der Waals surface area (Å²) in [6.45, 7) is 0. The van der Waals surface area contributed by atoms with Crippen molar-refractivity contribution in [3.05, 3.63) is 46.0 Å². The molecule has 1 unspecified atom stereocenters. The van der Waals surface area contributed by atoms with Crippen LogP contribution in [0, 0.1) is 10.1 Å². The Hall–Kier alpha value is -1.75. The summed E-state index contributed by atoms with van der Waals surface area (Å²) in [7, 11) is 1.13. The summed E-state index contributed by atoms with van der Waals surface area (Å²) in [4.78, 5) is 21.1. The summed E-state index contributed by atoms with van der Waals surface area (Å²) in [6.07, 6.45) is -1.61. The number of ether oxygens (including phenoxy) is 1. The van der Waals surface area contributed by atoms with E-state index in [4.69, 9.17) is 0 Å². The van der Waals surface area contributed by atoms with Gasteiger partial charge in [-0.15, -0.1) is 0 Å². The number of nitro groups is 1. The molecule has 0 saturated carbocycles. The zero-order valence-corrected chi connectivity index (χ0v) is 7.54. The van der Waals surface area contributed by atoms with Crippen LogP contribution in [0.2, 0.25) is 0 Å².